The lowest BCUT2D eigenvalue weighted by Crippen LogP contribution is -2.50. The molecule has 3 heterocycles. The summed E-state index contributed by atoms with van der Waals surface area (Å²) >= 11 is 0. The second kappa shape index (κ2) is 10.1. The van der Waals surface area contributed by atoms with Gasteiger partial charge in [0.05, 0.1) is 0 Å². The third kappa shape index (κ3) is 5.65. The molecule has 0 aliphatic heterocycles. The first-order chi connectivity index (χ1) is 17.1. The Morgan fingerprint density at radius 3 is 2.42 bits per heavy atom. The number of nitrogens with one attached hydrogen (secondary N) is 1. The first kappa shape index (κ1) is 24.8. The molecule has 3 aromatic heterocycles. The van der Waals surface area contributed by atoms with E-state index in [1.165, 1.54) is 9.70 Å². The van der Waals surface area contributed by atoms with Crippen molar-refractivity contribution >= 4 is 17.5 Å². The molecule has 186 valence electrons. The number of tetrazole rings is 1. The van der Waals surface area contributed by atoms with Gasteiger partial charge in [-0.2, -0.15) is 4.80 Å². The van der Waals surface area contributed by atoms with Crippen molar-refractivity contribution in [3.63, 3.8) is 0 Å². The highest BCUT2D eigenvalue weighted by Gasteiger charge is 2.35. The summed E-state index contributed by atoms with van der Waals surface area (Å²) in [4.78, 5) is 34.3. The summed E-state index contributed by atoms with van der Waals surface area (Å²) in [6, 6.07) is 13.5. The summed E-state index contributed by atoms with van der Waals surface area (Å²) in [6.45, 7) is 9.17. The molecule has 4 aromatic rings. The summed E-state index contributed by atoms with van der Waals surface area (Å²) in [7, 11) is 0. The predicted molar refractivity (Wildman–Crippen MR) is 134 cm³/mol. The second-order valence-electron chi connectivity index (χ2n) is 9.53. The lowest BCUT2D eigenvalue weighted by molar-refractivity contribution is -0.128. The maximum atomic E-state index is 13.9. The van der Waals surface area contributed by atoms with Gasteiger partial charge >= 0.3 is 0 Å². The van der Waals surface area contributed by atoms with Crippen LogP contribution in [0, 0.1) is 13.8 Å². The zero-order chi connectivity index (χ0) is 25.9. The Morgan fingerprint density at radius 1 is 1.06 bits per heavy atom. The van der Waals surface area contributed by atoms with Crippen molar-refractivity contribution in [3.8, 4) is 11.6 Å². The third-order valence-electron chi connectivity index (χ3n) is 5.36. The van der Waals surface area contributed by atoms with Gasteiger partial charge in [0.15, 0.2) is 5.76 Å². The van der Waals surface area contributed by atoms with Gasteiger partial charge in [0, 0.05) is 23.6 Å². The number of aromatic nitrogens is 5. The summed E-state index contributed by atoms with van der Waals surface area (Å²) < 4.78 is 5.56. The monoisotopic (exact) mass is 487 g/mol. The number of anilines is 1. The van der Waals surface area contributed by atoms with E-state index in [9.17, 15) is 9.59 Å². The molecule has 1 aromatic carbocycles. The number of nitrogens with zero attached hydrogens (tertiary/aromatic N) is 6. The number of furan rings is 1. The van der Waals surface area contributed by atoms with Crippen molar-refractivity contribution in [3.05, 3.63) is 77.8 Å². The number of hydrogen-bond donors (Lipinski definition) is 1. The number of pyridine rings is 1. The van der Waals surface area contributed by atoms with Gasteiger partial charge in [-0.1, -0.05) is 18.2 Å². The Balaban J connectivity index is 1.74. The zero-order valence-corrected chi connectivity index (χ0v) is 21.0. The van der Waals surface area contributed by atoms with Crippen molar-refractivity contribution in [1.29, 1.82) is 0 Å². The fraction of sp³-hybridized carbons (Fsp3) is 0.308. The van der Waals surface area contributed by atoms with Gasteiger partial charge in [0.1, 0.15) is 18.3 Å². The van der Waals surface area contributed by atoms with E-state index in [1.807, 2.05) is 58.9 Å². The molecule has 0 fully saturated rings. The lowest BCUT2D eigenvalue weighted by Gasteiger charge is -2.34. The summed E-state index contributed by atoms with van der Waals surface area (Å²) in [6.07, 6.45) is 3.20. The molecule has 1 N–H and O–H groups in total. The van der Waals surface area contributed by atoms with Gasteiger partial charge in [-0.25, -0.2) is 0 Å². The highest BCUT2D eigenvalue weighted by Crippen LogP contribution is 2.31. The number of amides is 2. The van der Waals surface area contributed by atoms with Gasteiger partial charge in [0.25, 0.3) is 5.91 Å². The summed E-state index contributed by atoms with van der Waals surface area (Å²) in [5, 5.41) is 15.4. The standard InChI is InChI=1S/C26H29N7O3/c1-17-8-6-7-9-20(17)33(23(19-12-14-27-15-13-19)25(35)28-26(3,4)5)22(34)16-32-30-24(29-31-32)21-11-10-18(2)36-21/h6-15,23H,16H2,1-5H3,(H,28,35). The van der Waals surface area contributed by atoms with Crippen LogP contribution in [0.5, 0.6) is 0 Å². The lowest BCUT2D eigenvalue weighted by atomic mass is 10.0. The van der Waals surface area contributed by atoms with Gasteiger partial charge in [-0.05, 0) is 81.3 Å². The first-order valence-electron chi connectivity index (χ1n) is 11.6. The molecular formula is C26H29N7O3. The molecule has 0 saturated carbocycles. The van der Waals surface area contributed by atoms with Crippen LogP contribution in [0.2, 0.25) is 0 Å². The Bertz CT molecular complexity index is 1360. The van der Waals surface area contributed by atoms with E-state index >= 15 is 0 Å². The van der Waals surface area contributed by atoms with Gasteiger partial charge in [-0.15, -0.1) is 10.2 Å². The van der Waals surface area contributed by atoms with Gasteiger partial charge in [0.2, 0.25) is 11.7 Å². The number of rotatable bonds is 7. The van der Waals surface area contributed by atoms with Gasteiger partial charge < -0.3 is 9.73 Å². The van der Waals surface area contributed by atoms with E-state index < -0.39 is 11.6 Å². The van der Waals surface area contributed by atoms with E-state index in [0.29, 0.717) is 22.8 Å². The number of carbonyl (C=O) groups excluding carboxylic acids is 2. The molecular weight excluding hydrogens is 458 g/mol. The average molecular weight is 488 g/mol. The van der Waals surface area contributed by atoms with Crippen LogP contribution in [-0.2, 0) is 16.1 Å². The number of hydrogen-bond acceptors (Lipinski definition) is 7. The fourth-order valence-electron chi connectivity index (χ4n) is 3.81. The molecule has 1 atom stereocenters. The van der Waals surface area contributed by atoms with E-state index in [-0.39, 0.29) is 24.2 Å². The van der Waals surface area contributed by atoms with Gasteiger partial charge in [-0.3, -0.25) is 19.5 Å². The molecule has 0 aliphatic carbocycles. The van der Waals surface area contributed by atoms with E-state index in [1.54, 1.807) is 36.7 Å². The van der Waals surface area contributed by atoms with Crippen molar-refractivity contribution in [2.75, 3.05) is 4.90 Å². The third-order valence-corrected chi connectivity index (χ3v) is 5.36. The minimum atomic E-state index is -0.948. The number of para-hydroxylation sites is 1. The molecule has 2 amide bonds. The van der Waals surface area contributed by atoms with E-state index in [4.69, 9.17) is 4.42 Å². The Morgan fingerprint density at radius 2 is 1.78 bits per heavy atom. The predicted octanol–water partition coefficient (Wildman–Crippen LogP) is 3.63. The smallest absolute Gasteiger partial charge is 0.251 e. The second-order valence-corrected chi connectivity index (χ2v) is 9.53. The van der Waals surface area contributed by atoms with Crippen molar-refractivity contribution < 1.29 is 14.0 Å². The quantitative estimate of drug-likeness (QED) is 0.423. The molecule has 4 rings (SSSR count). The molecule has 0 spiro atoms. The molecule has 36 heavy (non-hydrogen) atoms. The fourth-order valence-corrected chi connectivity index (χ4v) is 3.81. The minimum Gasteiger partial charge on any atom is -0.458 e. The Hall–Kier alpha value is -4.34. The molecule has 1 unspecified atom stereocenters. The highest BCUT2D eigenvalue weighted by atomic mass is 16.3. The molecule has 0 aliphatic rings. The summed E-state index contributed by atoms with van der Waals surface area (Å²) in [5.74, 6) is 0.752. The largest absolute Gasteiger partial charge is 0.458 e. The minimum absolute atomic E-state index is 0.231. The maximum Gasteiger partial charge on any atom is 0.251 e. The number of benzene rings is 1. The molecule has 10 nitrogen and oxygen atoms in total. The normalized spacial score (nSPS) is 12.2. The topological polar surface area (TPSA) is 119 Å². The highest BCUT2D eigenvalue weighted by molar-refractivity contribution is 6.01. The van der Waals surface area contributed by atoms with Crippen molar-refractivity contribution in [2.45, 2.75) is 52.7 Å². The van der Waals surface area contributed by atoms with E-state index in [0.717, 1.165) is 5.56 Å². The molecule has 0 bridgehead atoms. The molecule has 10 heteroatoms. The number of carbonyl (C=O) groups is 2. The Kier molecular flexibility index (Phi) is 6.96. The van der Waals surface area contributed by atoms with Crippen molar-refractivity contribution in [1.82, 2.24) is 30.5 Å². The van der Waals surface area contributed by atoms with Crippen LogP contribution in [0.15, 0.2) is 65.3 Å². The van der Waals surface area contributed by atoms with Crippen molar-refractivity contribution in [2.24, 2.45) is 0 Å². The molecule has 0 saturated heterocycles. The van der Waals surface area contributed by atoms with Crippen LogP contribution in [0.25, 0.3) is 11.6 Å². The van der Waals surface area contributed by atoms with E-state index in [2.05, 4.69) is 25.7 Å². The van der Waals surface area contributed by atoms with Crippen LogP contribution in [0.1, 0.15) is 43.7 Å². The Labute approximate surface area is 209 Å². The van der Waals surface area contributed by atoms with Crippen LogP contribution < -0.4 is 10.2 Å². The van der Waals surface area contributed by atoms with Crippen LogP contribution in [0.3, 0.4) is 0 Å². The SMILES string of the molecule is Cc1ccc(-c2nnn(CC(=O)N(c3ccccc3C)C(C(=O)NC(C)(C)C)c3ccncc3)n2)o1. The number of aryl methyl sites for hydroxylation is 2. The average Bonchev–Trinajstić information content (AvgIpc) is 3.46. The first-order valence-corrected chi connectivity index (χ1v) is 11.6. The van der Waals surface area contributed by atoms with Crippen LogP contribution in [-0.4, -0.2) is 42.5 Å². The van der Waals surface area contributed by atoms with Crippen LogP contribution >= 0.6 is 0 Å². The zero-order valence-electron chi connectivity index (χ0n) is 21.0. The maximum absolute atomic E-state index is 13.9. The summed E-state index contributed by atoms with van der Waals surface area (Å²) in [5.41, 5.74) is 1.57. The van der Waals surface area contributed by atoms with Crippen LogP contribution in [0.4, 0.5) is 5.69 Å². The molecule has 0 radical (unpaired) electrons.